The lowest BCUT2D eigenvalue weighted by molar-refractivity contribution is 0.398. The first-order valence-corrected chi connectivity index (χ1v) is 4.12. The van der Waals surface area contributed by atoms with Crippen LogP contribution < -0.4 is 5.73 Å². The number of nitrogens with two attached hydrogens (primary N) is 1. The minimum absolute atomic E-state index is 0.596. The molecule has 0 aromatic carbocycles. The molecule has 3 rings (SSSR count). The Bertz CT molecular complexity index is 151. The van der Waals surface area contributed by atoms with E-state index < -0.39 is 0 Å². The van der Waals surface area contributed by atoms with Gasteiger partial charge in [0.15, 0.2) is 0 Å². The van der Waals surface area contributed by atoms with Crippen LogP contribution in [0.2, 0.25) is 0 Å². The minimum atomic E-state index is 0.596. The summed E-state index contributed by atoms with van der Waals surface area (Å²) in [6.45, 7) is 0. The Balaban J connectivity index is 1.96. The molecule has 3 aliphatic rings. The first kappa shape index (κ1) is 4.73. The maximum Gasteiger partial charge on any atom is 0.00727 e. The molecule has 0 aliphatic heterocycles. The molecule has 5 atom stereocenters. The smallest absolute Gasteiger partial charge is 0.00727 e. The molecular formula is C8H13N. The van der Waals surface area contributed by atoms with Crippen molar-refractivity contribution < 1.29 is 0 Å². The molecule has 0 saturated heterocycles. The van der Waals surface area contributed by atoms with Crippen molar-refractivity contribution in [2.24, 2.45) is 29.4 Å². The van der Waals surface area contributed by atoms with Gasteiger partial charge in [-0.15, -0.1) is 0 Å². The van der Waals surface area contributed by atoms with E-state index in [4.69, 9.17) is 5.73 Å². The van der Waals surface area contributed by atoms with E-state index in [-0.39, 0.29) is 0 Å². The van der Waals surface area contributed by atoms with E-state index >= 15 is 0 Å². The molecule has 50 valence electrons. The Morgan fingerprint density at radius 2 is 1.78 bits per heavy atom. The van der Waals surface area contributed by atoms with Crippen LogP contribution in [0.5, 0.6) is 0 Å². The van der Waals surface area contributed by atoms with Gasteiger partial charge in [0, 0.05) is 6.04 Å². The summed E-state index contributed by atoms with van der Waals surface area (Å²) in [6.07, 6.45) is 4.37. The average molecular weight is 123 g/mol. The van der Waals surface area contributed by atoms with E-state index in [1.54, 1.807) is 0 Å². The Hall–Kier alpha value is -0.0400. The second-order valence-corrected chi connectivity index (χ2v) is 4.12. The van der Waals surface area contributed by atoms with Crippen molar-refractivity contribution in [1.29, 1.82) is 0 Å². The summed E-state index contributed by atoms with van der Waals surface area (Å²) in [5.74, 6) is 4.27. The van der Waals surface area contributed by atoms with Crippen LogP contribution in [0.15, 0.2) is 0 Å². The molecule has 0 unspecified atom stereocenters. The fraction of sp³-hybridized carbons (Fsp3) is 1.00. The Labute approximate surface area is 55.6 Å². The summed E-state index contributed by atoms with van der Waals surface area (Å²) in [5, 5.41) is 0. The fourth-order valence-electron chi connectivity index (χ4n) is 3.26. The maximum absolute atomic E-state index is 5.94. The largest absolute Gasteiger partial charge is 0.327 e. The van der Waals surface area contributed by atoms with Gasteiger partial charge in [0.2, 0.25) is 0 Å². The summed E-state index contributed by atoms with van der Waals surface area (Å²) in [6, 6.07) is 0.596. The van der Waals surface area contributed by atoms with Gasteiger partial charge in [-0.05, 0) is 42.9 Å². The van der Waals surface area contributed by atoms with Crippen molar-refractivity contribution in [3.8, 4) is 0 Å². The van der Waals surface area contributed by atoms with Gasteiger partial charge in [-0.1, -0.05) is 0 Å². The van der Waals surface area contributed by atoms with Gasteiger partial charge in [-0.3, -0.25) is 0 Å². The van der Waals surface area contributed by atoms with E-state index in [2.05, 4.69) is 0 Å². The van der Waals surface area contributed by atoms with E-state index in [9.17, 15) is 0 Å². The molecule has 2 bridgehead atoms. The van der Waals surface area contributed by atoms with Gasteiger partial charge >= 0.3 is 0 Å². The Kier molecular flexibility index (Phi) is 0.628. The first-order chi connectivity index (χ1) is 4.36. The van der Waals surface area contributed by atoms with Gasteiger partial charge in [0.05, 0.1) is 0 Å². The van der Waals surface area contributed by atoms with Gasteiger partial charge in [0.1, 0.15) is 0 Å². The zero-order valence-corrected chi connectivity index (χ0v) is 5.59. The van der Waals surface area contributed by atoms with Crippen molar-refractivity contribution in [3.05, 3.63) is 0 Å². The van der Waals surface area contributed by atoms with Crippen LogP contribution in [-0.4, -0.2) is 6.04 Å². The second kappa shape index (κ2) is 1.20. The highest BCUT2D eigenvalue weighted by atomic mass is 14.8. The number of hydrogen-bond donors (Lipinski definition) is 1. The molecule has 1 heteroatoms. The lowest BCUT2D eigenvalue weighted by atomic mass is 9.96. The van der Waals surface area contributed by atoms with Crippen LogP contribution in [0, 0.1) is 23.7 Å². The highest BCUT2D eigenvalue weighted by Gasteiger charge is 2.59. The van der Waals surface area contributed by atoms with E-state index in [1.165, 1.54) is 19.3 Å². The third-order valence-corrected chi connectivity index (χ3v) is 3.75. The molecule has 0 spiro atoms. The lowest BCUT2D eigenvalue weighted by Gasteiger charge is -2.15. The topological polar surface area (TPSA) is 26.0 Å². The summed E-state index contributed by atoms with van der Waals surface area (Å²) in [5.41, 5.74) is 5.94. The summed E-state index contributed by atoms with van der Waals surface area (Å²) >= 11 is 0. The highest BCUT2D eigenvalue weighted by Crippen LogP contribution is 2.65. The monoisotopic (exact) mass is 123 g/mol. The molecule has 0 radical (unpaired) electrons. The van der Waals surface area contributed by atoms with Crippen LogP contribution >= 0.6 is 0 Å². The van der Waals surface area contributed by atoms with Gasteiger partial charge < -0.3 is 5.73 Å². The fourth-order valence-corrected chi connectivity index (χ4v) is 3.26. The highest BCUT2D eigenvalue weighted by molar-refractivity contribution is 5.10. The quantitative estimate of drug-likeness (QED) is 0.510. The second-order valence-electron chi connectivity index (χ2n) is 4.12. The van der Waals surface area contributed by atoms with Crippen molar-refractivity contribution in [2.45, 2.75) is 25.3 Å². The van der Waals surface area contributed by atoms with E-state index in [0.717, 1.165) is 23.7 Å². The molecule has 1 nitrogen and oxygen atoms in total. The SMILES string of the molecule is N[C@@H]1C[C@H]2C[C@H]1[C@H]1C[C@H]21. The lowest BCUT2D eigenvalue weighted by Crippen LogP contribution is -2.27. The zero-order valence-electron chi connectivity index (χ0n) is 5.59. The zero-order chi connectivity index (χ0) is 6.01. The molecule has 3 fully saturated rings. The summed E-state index contributed by atoms with van der Waals surface area (Å²) in [4.78, 5) is 0. The van der Waals surface area contributed by atoms with Crippen molar-refractivity contribution in [2.75, 3.05) is 0 Å². The van der Waals surface area contributed by atoms with Crippen LogP contribution in [0.3, 0.4) is 0 Å². The molecule has 0 heterocycles. The summed E-state index contributed by atoms with van der Waals surface area (Å²) in [7, 11) is 0. The molecule has 3 saturated carbocycles. The van der Waals surface area contributed by atoms with Gasteiger partial charge in [0.25, 0.3) is 0 Å². The molecular weight excluding hydrogens is 110 g/mol. The van der Waals surface area contributed by atoms with Crippen LogP contribution in [-0.2, 0) is 0 Å². The van der Waals surface area contributed by atoms with Crippen molar-refractivity contribution in [1.82, 2.24) is 0 Å². The van der Waals surface area contributed by atoms with Crippen LogP contribution in [0.25, 0.3) is 0 Å². The number of hydrogen-bond acceptors (Lipinski definition) is 1. The number of rotatable bonds is 0. The minimum Gasteiger partial charge on any atom is -0.327 e. The third kappa shape index (κ3) is 0.420. The van der Waals surface area contributed by atoms with Gasteiger partial charge in [-0.25, -0.2) is 0 Å². The Morgan fingerprint density at radius 1 is 0.889 bits per heavy atom. The normalized spacial score (nSPS) is 68.3. The molecule has 9 heavy (non-hydrogen) atoms. The van der Waals surface area contributed by atoms with E-state index in [1.807, 2.05) is 0 Å². The van der Waals surface area contributed by atoms with Crippen molar-refractivity contribution >= 4 is 0 Å². The molecule has 0 aromatic heterocycles. The standard InChI is InChI=1S/C8H13N/c9-8-2-4-1-7(8)6-3-5(4)6/h4-8H,1-3,9H2/t4-,5-,6+,7+,8-/m1/s1. The molecule has 0 aromatic rings. The number of fused-ring (bicyclic) bond motifs is 5. The molecule has 0 amide bonds. The average Bonchev–Trinajstić information content (AvgIpc) is 2.46. The van der Waals surface area contributed by atoms with Crippen molar-refractivity contribution in [3.63, 3.8) is 0 Å². The predicted octanol–water partition coefficient (Wildman–Crippen LogP) is 0.990. The Morgan fingerprint density at radius 3 is 2.33 bits per heavy atom. The van der Waals surface area contributed by atoms with Crippen LogP contribution in [0.1, 0.15) is 19.3 Å². The van der Waals surface area contributed by atoms with E-state index in [0.29, 0.717) is 6.04 Å². The van der Waals surface area contributed by atoms with Crippen LogP contribution in [0.4, 0.5) is 0 Å². The third-order valence-electron chi connectivity index (χ3n) is 3.75. The first-order valence-electron chi connectivity index (χ1n) is 4.12. The summed E-state index contributed by atoms with van der Waals surface area (Å²) < 4.78 is 0. The predicted molar refractivity (Wildman–Crippen MR) is 35.8 cm³/mol. The molecule has 2 N–H and O–H groups in total. The maximum atomic E-state index is 5.94. The van der Waals surface area contributed by atoms with Gasteiger partial charge in [-0.2, -0.15) is 0 Å². The molecule has 3 aliphatic carbocycles.